The molecule has 0 spiro atoms. The van der Waals surface area contributed by atoms with E-state index in [0.29, 0.717) is 22.5 Å². The van der Waals surface area contributed by atoms with Crippen molar-refractivity contribution in [2.75, 3.05) is 20.3 Å². The van der Waals surface area contributed by atoms with Gasteiger partial charge in [0.1, 0.15) is 48.0 Å². The fourth-order valence-electron chi connectivity index (χ4n) is 5.79. The summed E-state index contributed by atoms with van der Waals surface area (Å²) in [5, 5.41) is 37.0. The van der Waals surface area contributed by atoms with Crippen molar-refractivity contribution in [3.63, 3.8) is 0 Å². The van der Waals surface area contributed by atoms with Crippen molar-refractivity contribution in [2.24, 2.45) is 0 Å². The van der Waals surface area contributed by atoms with E-state index in [9.17, 15) is 10.5 Å². The molecule has 0 bridgehead atoms. The van der Waals surface area contributed by atoms with Gasteiger partial charge >= 0.3 is 0 Å². The quantitative estimate of drug-likeness (QED) is 0.107. The largest absolute Gasteiger partial charge is 0.487 e. The van der Waals surface area contributed by atoms with Gasteiger partial charge in [-0.2, -0.15) is 20.7 Å². The molecule has 10 nitrogen and oxygen atoms in total. The van der Waals surface area contributed by atoms with Gasteiger partial charge in [-0.1, -0.05) is 60.7 Å². The van der Waals surface area contributed by atoms with Gasteiger partial charge in [-0.25, -0.2) is 9.36 Å². The third-order valence-corrected chi connectivity index (χ3v) is 8.57. The number of aryl methyl sites for hydroxylation is 4. The van der Waals surface area contributed by atoms with Crippen LogP contribution < -0.4 is 9.47 Å². The van der Waals surface area contributed by atoms with Crippen molar-refractivity contribution in [1.29, 1.82) is 10.5 Å². The minimum absolute atomic E-state index is 0.192. The molecule has 270 valence electrons. The van der Waals surface area contributed by atoms with Gasteiger partial charge in [0.15, 0.2) is 0 Å². The van der Waals surface area contributed by atoms with Crippen molar-refractivity contribution >= 4 is 0 Å². The molecule has 0 fully saturated rings. The summed E-state index contributed by atoms with van der Waals surface area (Å²) >= 11 is 0. The molecule has 0 unspecified atom stereocenters. The van der Waals surface area contributed by atoms with Crippen LogP contribution in [0.4, 0.5) is 0 Å². The maximum absolute atomic E-state index is 9.53. The van der Waals surface area contributed by atoms with Gasteiger partial charge in [-0.15, -0.1) is 0 Å². The average Bonchev–Trinajstić information content (AvgIpc) is 3.71. The van der Waals surface area contributed by atoms with Crippen LogP contribution in [0, 0.1) is 36.5 Å². The predicted octanol–water partition coefficient (Wildman–Crippen LogP) is 7.77. The van der Waals surface area contributed by atoms with E-state index in [0.717, 1.165) is 72.1 Å². The second-order valence-corrected chi connectivity index (χ2v) is 12.3. The topological polar surface area (TPSA) is 131 Å². The summed E-state index contributed by atoms with van der Waals surface area (Å²) in [4.78, 5) is 0. The van der Waals surface area contributed by atoms with E-state index in [4.69, 9.17) is 19.3 Å². The number of nitriles is 2. The highest BCUT2D eigenvalue weighted by atomic mass is 16.5. The molecule has 0 amide bonds. The summed E-state index contributed by atoms with van der Waals surface area (Å²) in [7, 11) is 1.72. The molecule has 0 atom stereocenters. The molecular weight excluding hydrogens is 665 g/mol. The second kappa shape index (κ2) is 19.4. The molecule has 2 aromatic heterocycles. The standard InChI is InChI=1S/C22H23N3O2.C21H21N3O2/c1-17-21(15-23)22(25(24-17)19-8-4-3-5-9-19)16-27-20-12-10-18(11-13-20)7-6-14-26-2;1-16-20(14-22)21(24(23-16)18-7-3-2-4-8-18)15-26-19-11-9-17(10-12-19)6-5-13-25/h3-5,8-13H,6-7,14,16H2,1-2H3;2-4,7-12,25H,5-6,13,15H2,1H3. The van der Waals surface area contributed by atoms with Crippen molar-refractivity contribution in [2.45, 2.75) is 52.7 Å². The Balaban J connectivity index is 0.000000204. The van der Waals surface area contributed by atoms with Gasteiger partial charge in [0.05, 0.1) is 34.2 Å². The molecule has 0 aliphatic carbocycles. The van der Waals surface area contributed by atoms with E-state index >= 15 is 0 Å². The predicted molar refractivity (Wildman–Crippen MR) is 203 cm³/mol. The van der Waals surface area contributed by atoms with E-state index in [1.807, 2.05) is 111 Å². The molecule has 53 heavy (non-hydrogen) atoms. The first-order chi connectivity index (χ1) is 25.9. The Morgan fingerprint density at radius 3 is 1.40 bits per heavy atom. The van der Waals surface area contributed by atoms with Gasteiger partial charge in [0, 0.05) is 20.3 Å². The number of aromatic nitrogens is 4. The van der Waals surface area contributed by atoms with E-state index in [2.05, 4.69) is 34.5 Å². The van der Waals surface area contributed by atoms with Crippen LogP contribution in [-0.2, 0) is 30.8 Å². The fourth-order valence-corrected chi connectivity index (χ4v) is 5.79. The first-order valence-corrected chi connectivity index (χ1v) is 17.6. The van der Waals surface area contributed by atoms with Crippen LogP contribution in [0.3, 0.4) is 0 Å². The van der Waals surface area contributed by atoms with Crippen molar-refractivity contribution < 1.29 is 19.3 Å². The van der Waals surface area contributed by atoms with Crippen LogP contribution >= 0.6 is 0 Å². The summed E-state index contributed by atoms with van der Waals surface area (Å²) < 4.78 is 20.5. The van der Waals surface area contributed by atoms with Crippen LogP contribution in [0.15, 0.2) is 109 Å². The highest BCUT2D eigenvalue weighted by molar-refractivity contribution is 5.45. The number of methoxy groups -OCH3 is 1. The first kappa shape index (κ1) is 38.0. The number of para-hydroxylation sites is 2. The summed E-state index contributed by atoms with van der Waals surface area (Å²) in [5.41, 5.74) is 8.22. The SMILES string of the molecule is COCCCc1ccc(OCc2c(C#N)c(C)nn2-c2ccccc2)cc1.Cc1nn(-c2ccccc2)c(COc2ccc(CCCO)cc2)c1C#N. The van der Waals surface area contributed by atoms with Crippen LogP contribution in [0.1, 0.15) is 57.9 Å². The molecule has 1 N–H and O–H groups in total. The van der Waals surface area contributed by atoms with Gasteiger partial charge in [0.25, 0.3) is 0 Å². The number of aliphatic hydroxyl groups is 1. The average molecular weight is 709 g/mol. The number of hydrogen-bond acceptors (Lipinski definition) is 8. The van der Waals surface area contributed by atoms with E-state index < -0.39 is 0 Å². The van der Waals surface area contributed by atoms with Crippen LogP contribution in [0.2, 0.25) is 0 Å². The molecule has 10 heteroatoms. The summed E-state index contributed by atoms with van der Waals surface area (Å²) in [6, 6.07) is 39.9. The molecule has 4 aromatic carbocycles. The number of aliphatic hydroxyl groups excluding tert-OH is 1. The molecule has 0 saturated heterocycles. The molecule has 0 aliphatic rings. The van der Waals surface area contributed by atoms with E-state index in [1.165, 1.54) is 5.56 Å². The molecule has 0 aliphatic heterocycles. The minimum Gasteiger partial charge on any atom is -0.487 e. The lowest BCUT2D eigenvalue weighted by Gasteiger charge is -2.10. The fraction of sp³-hybridized carbons (Fsp3) is 0.256. The molecular formula is C43H44N6O4. The van der Waals surface area contributed by atoms with Crippen molar-refractivity contribution in [3.8, 4) is 35.0 Å². The zero-order valence-electron chi connectivity index (χ0n) is 30.4. The number of benzene rings is 4. The molecule has 6 rings (SSSR count). The second-order valence-electron chi connectivity index (χ2n) is 12.3. The monoisotopic (exact) mass is 708 g/mol. The number of ether oxygens (including phenoxy) is 3. The summed E-state index contributed by atoms with van der Waals surface area (Å²) in [5.74, 6) is 1.51. The van der Waals surface area contributed by atoms with Gasteiger partial charge in [0.2, 0.25) is 0 Å². The molecule has 0 saturated carbocycles. The Morgan fingerprint density at radius 1 is 0.604 bits per heavy atom. The Labute approximate surface area is 311 Å². The lowest BCUT2D eigenvalue weighted by molar-refractivity contribution is 0.195. The maximum Gasteiger partial charge on any atom is 0.132 e. The third kappa shape index (κ3) is 10.2. The Hall–Kier alpha value is -6.20. The lowest BCUT2D eigenvalue weighted by Crippen LogP contribution is -2.07. The number of hydrogen-bond donors (Lipinski definition) is 1. The molecule has 0 radical (unpaired) electrons. The van der Waals surface area contributed by atoms with Gasteiger partial charge < -0.3 is 19.3 Å². The maximum atomic E-state index is 9.53. The van der Waals surface area contributed by atoms with Gasteiger partial charge in [-0.3, -0.25) is 0 Å². The van der Waals surface area contributed by atoms with E-state index in [-0.39, 0.29) is 19.8 Å². The summed E-state index contributed by atoms with van der Waals surface area (Å²) in [6.07, 6.45) is 3.57. The van der Waals surface area contributed by atoms with Crippen LogP contribution in [0.25, 0.3) is 11.4 Å². The van der Waals surface area contributed by atoms with Crippen molar-refractivity contribution in [3.05, 3.63) is 154 Å². The molecule has 2 heterocycles. The third-order valence-electron chi connectivity index (χ3n) is 8.57. The Kier molecular flexibility index (Phi) is 13.9. The first-order valence-electron chi connectivity index (χ1n) is 17.6. The van der Waals surface area contributed by atoms with E-state index in [1.54, 1.807) is 16.5 Å². The minimum atomic E-state index is 0.192. The summed E-state index contributed by atoms with van der Waals surface area (Å²) in [6.45, 7) is 5.17. The highest BCUT2D eigenvalue weighted by Gasteiger charge is 2.18. The smallest absolute Gasteiger partial charge is 0.132 e. The number of rotatable bonds is 15. The highest BCUT2D eigenvalue weighted by Crippen LogP contribution is 2.23. The Morgan fingerprint density at radius 2 is 1.02 bits per heavy atom. The number of nitrogens with zero attached hydrogens (tertiary/aromatic N) is 6. The zero-order valence-corrected chi connectivity index (χ0v) is 30.4. The molecule has 6 aromatic rings. The lowest BCUT2D eigenvalue weighted by atomic mass is 10.1. The van der Waals surface area contributed by atoms with Crippen LogP contribution in [-0.4, -0.2) is 45.0 Å². The Bertz CT molecular complexity index is 2110. The van der Waals surface area contributed by atoms with Gasteiger partial charge in [-0.05, 0) is 99.2 Å². The normalized spacial score (nSPS) is 10.5. The zero-order chi connectivity index (χ0) is 37.4. The van der Waals surface area contributed by atoms with Crippen LogP contribution in [0.5, 0.6) is 11.5 Å². The van der Waals surface area contributed by atoms with Crippen molar-refractivity contribution in [1.82, 2.24) is 19.6 Å².